The summed E-state index contributed by atoms with van der Waals surface area (Å²) < 4.78 is 5.43. The van der Waals surface area contributed by atoms with Gasteiger partial charge >= 0.3 is 0 Å². The van der Waals surface area contributed by atoms with Crippen molar-refractivity contribution in [1.29, 1.82) is 0 Å². The summed E-state index contributed by atoms with van der Waals surface area (Å²) in [7, 11) is 1.64. The van der Waals surface area contributed by atoms with Crippen molar-refractivity contribution >= 4 is 45.0 Å². The van der Waals surface area contributed by atoms with Crippen molar-refractivity contribution in [2.24, 2.45) is 0 Å². The number of ether oxygens (including phenoxy) is 1. The number of hydrogen-bond donors (Lipinski definition) is 1. The Hall–Kier alpha value is -3.05. The molecule has 0 fully saturated rings. The minimum atomic E-state index is -0.0547. The van der Waals surface area contributed by atoms with Gasteiger partial charge in [-0.05, 0) is 36.1 Å². The first-order valence-electron chi connectivity index (χ1n) is 9.00. The molecule has 4 nitrogen and oxygen atoms in total. The standard InChI is InChI=1S/C23H20N2O2S/c1-15-13-22(25-23-17(15)10-6-12-20(23)27-2)28-14-21(26)24-19-11-5-8-16-7-3-4-9-18(16)19/h3-13H,14H2,1-2H3,(H,24,26). The van der Waals surface area contributed by atoms with E-state index in [1.807, 2.05) is 73.7 Å². The summed E-state index contributed by atoms with van der Waals surface area (Å²) in [6.45, 7) is 2.05. The molecular weight excluding hydrogens is 368 g/mol. The van der Waals surface area contributed by atoms with E-state index in [1.165, 1.54) is 11.8 Å². The van der Waals surface area contributed by atoms with Crippen molar-refractivity contribution in [2.75, 3.05) is 18.2 Å². The van der Waals surface area contributed by atoms with Crippen LogP contribution in [0, 0.1) is 6.92 Å². The van der Waals surface area contributed by atoms with E-state index >= 15 is 0 Å². The lowest BCUT2D eigenvalue weighted by Crippen LogP contribution is -2.14. The zero-order valence-electron chi connectivity index (χ0n) is 15.7. The van der Waals surface area contributed by atoms with Crippen LogP contribution >= 0.6 is 11.8 Å². The maximum atomic E-state index is 12.5. The molecule has 0 aliphatic rings. The van der Waals surface area contributed by atoms with Crippen LogP contribution in [-0.4, -0.2) is 23.8 Å². The number of benzene rings is 3. The Morgan fingerprint density at radius 2 is 1.79 bits per heavy atom. The number of pyridine rings is 1. The van der Waals surface area contributed by atoms with E-state index in [0.29, 0.717) is 0 Å². The summed E-state index contributed by atoms with van der Waals surface area (Å²) in [5, 5.41) is 7.02. The molecule has 0 saturated carbocycles. The van der Waals surface area contributed by atoms with Crippen molar-refractivity contribution in [1.82, 2.24) is 4.98 Å². The SMILES string of the molecule is COc1cccc2c(C)cc(SCC(=O)Nc3cccc4ccccc34)nc12. The zero-order chi connectivity index (χ0) is 19.5. The zero-order valence-corrected chi connectivity index (χ0v) is 16.5. The number of para-hydroxylation sites is 1. The number of nitrogens with one attached hydrogen (secondary N) is 1. The minimum Gasteiger partial charge on any atom is -0.494 e. The van der Waals surface area contributed by atoms with Gasteiger partial charge in [-0.15, -0.1) is 0 Å². The summed E-state index contributed by atoms with van der Waals surface area (Å²) in [4.78, 5) is 17.2. The number of carbonyl (C=O) groups is 1. The second kappa shape index (κ2) is 7.90. The first-order valence-corrected chi connectivity index (χ1v) is 9.99. The molecule has 1 heterocycles. The van der Waals surface area contributed by atoms with Crippen molar-refractivity contribution in [2.45, 2.75) is 11.9 Å². The Bertz CT molecular complexity index is 1170. The number of hydrogen-bond acceptors (Lipinski definition) is 4. The van der Waals surface area contributed by atoms with Gasteiger partial charge in [0.05, 0.1) is 17.9 Å². The topological polar surface area (TPSA) is 51.2 Å². The molecule has 0 radical (unpaired) electrons. The van der Waals surface area contributed by atoms with Gasteiger partial charge in [-0.3, -0.25) is 4.79 Å². The van der Waals surface area contributed by atoms with Crippen LogP contribution in [0.3, 0.4) is 0 Å². The lowest BCUT2D eigenvalue weighted by Gasteiger charge is -2.10. The third kappa shape index (κ3) is 3.66. The van der Waals surface area contributed by atoms with E-state index in [2.05, 4.69) is 5.32 Å². The summed E-state index contributed by atoms with van der Waals surface area (Å²) in [5.74, 6) is 0.972. The molecule has 3 aromatic carbocycles. The van der Waals surface area contributed by atoms with Crippen molar-refractivity contribution < 1.29 is 9.53 Å². The first kappa shape index (κ1) is 18.3. The number of anilines is 1. The molecule has 5 heteroatoms. The van der Waals surface area contributed by atoms with Crippen LogP contribution in [0.25, 0.3) is 21.7 Å². The van der Waals surface area contributed by atoms with Gasteiger partial charge in [-0.2, -0.15) is 0 Å². The fourth-order valence-corrected chi connectivity index (χ4v) is 4.03. The summed E-state index contributed by atoms with van der Waals surface area (Å²) in [6, 6.07) is 21.8. The summed E-state index contributed by atoms with van der Waals surface area (Å²) in [5.41, 5.74) is 2.76. The van der Waals surface area contributed by atoms with E-state index in [1.54, 1.807) is 7.11 Å². The molecule has 0 aliphatic heterocycles. The fourth-order valence-electron chi connectivity index (χ4n) is 3.26. The Kier molecular flexibility index (Phi) is 5.17. The van der Waals surface area contributed by atoms with E-state index in [-0.39, 0.29) is 11.7 Å². The molecule has 0 spiro atoms. The maximum Gasteiger partial charge on any atom is 0.234 e. The largest absolute Gasteiger partial charge is 0.494 e. The number of amides is 1. The number of fused-ring (bicyclic) bond motifs is 2. The molecule has 1 N–H and O–H groups in total. The number of methoxy groups -OCH3 is 1. The van der Waals surface area contributed by atoms with Gasteiger partial charge in [0.25, 0.3) is 0 Å². The summed E-state index contributed by atoms with van der Waals surface area (Å²) >= 11 is 1.42. The van der Waals surface area contributed by atoms with Crippen LogP contribution < -0.4 is 10.1 Å². The number of aryl methyl sites for hydroxylation is 1. The lowest BCUT2D eigenvalue weighted by atomic mass is 10.1. The highest BCUT2D eigenvalue weighted by Crippen LogP contribution is 2.30. The van der Waals surface area contributed by atoms with Crippen LogP contribution in [0.5, 0.6) is 5.75 Å². The van der Waals surface area contributed by atoms with Gasteiger partial charge < -0.3 is 10.1 Å². The number of carbonyl (C=O) groups excluding carboxylic acids is 1. The molecule has 4 rings (SSSR count). The molecule has 0 unspecified atom stereocenters. The lowest BCUT2D eigenvalue weighted by molar-refractivity contribution is -0.113. The Balaban J connectivity index is 1.52. The molecule has 0 saturated heterocycles. The highest BCUT2D eigenvalue weighted by atomic mass is 32.2. The highest BCUT2D eigenvalue weighted by molar-refractivity contribution is 7.99. The third-order valence-corrected chi connectivity index (χ3v) is 5.53. The Morgan fingerprint density at radius 3 is 2.64 bits per heavy atom. The first-order chi connectivity index (χ1) is 13.7. The Labute approximate surface area is 167 Å². The fraction of sp³-hybridized carbons (Fsp3) is 0.130. The average molecular weight is 388 g/mol. The molecule has 1 aromatic heterocycles. The predicted octanol–water partition coefficient (Wildman–Crippen LogP) is 5.44. The molecule has 140 valence electrons. The number of aromatic nitrogens is 1. The minimum absolute atomic E-state index is 0.0547. The van der Waals surface area contributed by atoms with Gasteiger partial charge in [-0.25, -0.2) is 4.98 Å². The van der Waals surface area contributed by atoms with E-state index in [4.69, 9.17) is 9.72 Å². The van der Waals surface area contributed by atoms with Crippen LogP contribution in [0.4, 0.5) is 5.69 Å². The number of rotatable bonds is 5. The van der Waals surface area contributed by atoms with Crippen molar-refractivity contribution in [3.05, 3.63) is 72.3 Å². The quantitative estimate of drug-likeness (QED) is 0.463. The maximum absolute atomic E-state index is 12.5. The van der Waals surface area contributed by atoms with Gasteiger partial charge in [0, 0.05) is 16.5 Å². The Morgan fingerprint density at radius 1 is 1.04 bits per heavy atom. The van der Waals surface area contributed by atoms with E-state index in [9.17, 15) is 4.79 Å². The van der Waals surface area contributed by atoms with Gasteiger partial charge in [0.2, 0.25) is 5.91 Å². The number of nitrogens with zero attached hydrogens (tertiary/aromatic N) is 1. The molecule has 0 atom stereocenters. The van der Waals surface area contributed by atoms with Gasteiger partial charge in [-0.1, -0.05) is 60.3 Å². The normalized spacial score (nSPS) is 10.9. The number of thioether (sulfide) groups is 1. The third-order valence-electron chi connectivity index (χ3n) is 4.62. The van der Waals surface area contributed by atoms with Gasteiger partial charge in [0.1, 0.15) is 11.3 Å². The predicted molar refractivity (Wildman–Crippen MR) is 116 cm³/mol. The van der Waals surface area contributed by atoms with Crippen molar-refractivity contribution in [3.63, 3.8) is 0 Å². The van der Waals surface area contributed by atoms with Crippen LogP contribution in [-0.2, 0) is 4.79 Å². The van der Waals surface area contributed by atoms with Crippen molar-refractivity contribution in [3.8, 4) is 5.75 Å². The molecular formula is C23H20N2O2S. The average Bonchev–Trinajstić information content (AvgIpc) is 2.72. The molecule has 28 heavy (non-hydrogen) atoms. The van der Waals surface area contributed by atoms with E-state index < -0.39 is 0 Å². The smallest absolute Gasteiger partial charge is 0.234 e. The van der Waals surface area contributed by atoms with Crippen LogP contribution in [0.15, 0.2) is 71.8 Å². The van der Waals surface area contributed by atoms with Crippen LogP contribution in [0.2, 0.25) is 0 Å². The molecule has 0 aliphatic carbocycles. The molecule has 4 aromatic rings. The summed E-state index contributed by atoms with van der Waals surface area (Å²) in [6.07, 6.45) is 0. The second-order valence-corrected chi connectivity index (χ2v) is 7.49. The monoisotopic (exact) mass is 388 g/mol. The van der Waals surface area contributed by atoms with Crippen LogP contribution in [0.1, 0.15) is 5.56 Å². The van der Waals surface area contributed by atoms with E-state index in [0.717, 1.165) is 43.7 Å². The molecule has 1 amide bonds. The second-order valence-electron chi connectivity index (χ2n) is 6.50. The molecule has 0 bridgehead atoms. The van der Waals surface area contributed by atoms with Gasteiger partial charge in [0.15, 0.2) is 0 Å². The highest BCUT2D eigenvalue weighted by Gasteiger charge is 2.11.